The quantitative estimate of drug-likeness (QED) is 0.774. The van der Waals surface area contributed by atoms with Crippen LogP contribution in [0.3, 0.4) is 0 Å². The zero-order chi connectivity index (χ0) is 13.9. The summed E-state index contributed by atoms with van der Waals surface area (Å²) in [6.07, 6.45) is 2.55. The average Bonchev–Trinajstić information content (AvgIpc) is 2.85. The normalized spacial score (nSPS) is 29.7. The number of nitrogens with one attached hydrogen (secondary N) is 1. The zero-order valence-corrected chi connectivity index (χ0v) is 12.0. The molecule has 2 aliphatic heterocycles. The Balaban J connectivity index is 1.84. The van der Waals surface area contributed by atoms with E-state index < -0.39 is 15.3 Å². The predicted octanol–water partition coefficient (Wildman–Crippen LogP) is 0.0712. The first kappa shape index (κ1) is 14.7. The molecule has 2 rings (SSSR count). The number of sulfonamides is 1. The molecule has 0 aliphatic carbocycles. The first-order valence-electron chi connectivity index (χ1n) is 6.80. The topological polar surface area (TPSA) is 82.4 Å². The van der Waals surface area contributed by atoms with Crippen LogP contribution in [0.1, 0.15) is 26.2 Å². The van der Waals surface area contributed by atoms with Crippen LogP contribution in [0.4, 0.5) is 0 Å². The molecule has 108 valence electrons. The molecule has 0 spiro atoms. The molecule has 2 fully saturated rings. The highest BCUT2D eigenvalue weighted by molar-refractivity contribution is 7.90. The van der Waals surface area contributed by atoms with E-state index in [4.69, 9.17) is 10.00 Å². The van der Waals surface area contributed by atoms with Gasteiger partial charge in [0.2, 0.25) is 10.0 Å². The molecule has 19 heavy (non-hydrogen) atoms. The molecule has 0 radical (unpaired) electrons. The minimum Gasteiger partial charge on any atom is -0.374 e. The van der Waals surface area contributed by atoms with Crippen molar-refractivity contribution in [3.05, 3.63) is 0 Å². The summed E-state index contributed by atoms with van der Waals surface area (Å²) in [6.45, 7) is 4.48. The molecule has 0 amide bonds. The molecule has 3 unspecified atom stereocenters. The van der Waals surface area contributed by atoms with Crippen LogP contribution in [0, 0.1) is 11.3 Å². The maximum Gasteiger partial charge on any atom is 0.228 e. The second kappa shape index (κ2) is 6.18. The van der Waals surface area contributed by atoms with E-state index in [9.17, 15) is 8.42 Å². The summed E-state index contributed by atoms with van der Waals surface area (Å²) in [6, 6.07) is 2.32. The van der Waals surface area contributed by atoms with Crippen molar-refractivity contribution in [1.29, 1.82) is 5.26 Å². The Morgan fingerprint density at radius 2 is 2.37 bits per heavy atom. The smallest absolute Gasteiger partial charge is 0.228 e. The Kier molecular flexibility index (Phi) is 4.79. The van der Waals surface area contributed by atoms with E-state index in [-0.39, 0.29) is 12.6 Å². The average molecular weight is 287 g/mol. The Labute approximate surface area is 114 Å². The monoisotopic (exact) mass is 287 g/mol. The van der Waals surface area contributed by atoms with Gasteiger partial charge in [-0.2, -0.15) is 5.26 Å². The fourth-order valence-corrected chi connectivity index (χ4v) is 3.90. The van der Waals surface area contributed by atoms with E-state index in [1.165, 1.54) is 12.8 Å². The van der Waals surface area contributed by atoms with Gasteiger partial charge >= 0.3 is 0 Å². The maximum atomic E-state index is 11.9. The Hall–Kier alpha value is -0.680. The number of nitriles is 1. The van der Waals surface area contributed by atoms with Gasteiger partial charge in [-0.3, -0.25) is 4.90 Å². The van der Waals surface area contributed by atoms with E-state index in [1.807, 2.05) is 6.07 Å². The van der Waals surface area contributed by atoms with Gasteiger partial charge in [0.05, 0.1) is 18.8 Å². The molecule has 2 heterocycles. The van der Waals surface area contributed by atoms with Gasteiger partial charge in [-0.05, 0) is 25.8 Å². The fourth-order valence-electron chi connectivity index (χ4n) is 2.70. The third kappa shape index (κ3) is 3.45. The number of morpholine rings is 1. The van der Waals surface area contributed by atoms with Crippen LogP contribution in [0.2, 0.25) is 0 Å². The van der Waals surface area contributed by atoms with Gasteiger partial charge < -0.3 is 4.74 Å². The summed E-state index contributed by atoms with van der Waals surface area (Å²) < 4.78 is 31.9. The minimum atomic E-state index is -3.55. The molecule has 7 heteroatoms. The SMILES string of the molecule is CCC(C#N)S(=O)(=O)NCC1CN2CCCC2CO1. The number of hydrogen-bond donors (Lipinski definition) is 1. The van der Waals surface area contributed by atoms with Crippen molar-refractivity contribution in [2.45, 2.75) is 43.6 Å². The van der Waals surface area contributed by atoms with Crippen molar-refractivity contribution in [3.8, 4) is 6.07 Å². The van der Waals surface area contributed by atoms with Crippen molar-refractivity contribution in [1.82, 2.24) is 9.62 Å². The van der Waals surface area contributed by atoms with Gasteiger partial charge in [0.1, 0.15) is 0 Å². The summed E-state index contributed by atoms with van der Waals surface area (Å²) in [5.74, 6) is 0. The van der Waals surface area contributed by atoms with E-state index in [0.717, 1.165) is 13.1 Å². The standard InChI is InChI=1S/C12H21N3O3S/c1-2-12(6-13)19(16,17)14-7-11-8-15-5-3-4-10(15)9-18-11/h10-12,14H,2-5,7-9H2,1H3. The van der Waals surface area contributed by atoms with Gasteiger partial charge in [-0.15, -0.1) is 0 Å². The fraction of sp³-hybridized carbons (Fsp3) is 0.917. The maximum absolute atomic E-state index is 11.9. The van der Waals surface area contributed by atoms with Gasteiger partial charge in [0, 0.05) is 19.1 Å². The van der Waals surface area contributed by atoms with E-state index >= 15 is 0 Å². The Morgan fingerprint density at radius 1 is 1.58 bits per heavy atom. The minimum absolute atomic E-state index is 0.111. The summed E-state index contributed by atoms with van der Waals surface area (Å²) in [5, 5.41) is 7.84. The molecule has 0 aromatic carbocycles. The lowest BCUT2D eigenvalue weighted by Crippen LogP contribution is -2.50. The van der Waals surface area contributed by atoms with Gasteiger partial charge in [-0.25, -0.2) is 13.1 Å². The molecule has 0 aromatic heterocycles. The number of nitrogens with zero attached hydrogens (tertiary/aromatic N) is 2. The van der Waals surface area contributed by atoms with E-state index in [1.54, 1.807) is 6.92 Å². The number of ether oxygens (including phenoxy) is 1. The molecule has 3 atom stereocenters. The van der Waals surface area contributed by atoms with Crippen molar-refractivity contribution in [2.75, 3.05) is 26.2 Å². The lowest BCUT2D eigenvalue weighted by atomic mass is 10.2. The summed E-state index contributed by atoms with van der Waals surface area (Å²) in [4.78, 5) is 2.37. The highest BCUT2D eigenvalue weighted by Crippen LogP contribution is 2.22. The summed E-state index contributed by atoms with van der Waals surface area (Å²) in [7, 11) is -3.55. The Morgan fingerprint density at radius 3 is 3.05 bits per heavy atom. The van der Waals surface area contributed by atoms with Crippen LogP contribution in [-0.2, 0) is 14.8 Å². The molecule has 6 nitrogen and oxygen atoms in total. The van der Waals surface area contributed by atoms with Crippen molar-refractivity contribution < 1.29 is 13.2 Å². The van der Waals surface area contributed by atoms with Crippen LogP contribution >= 0.6 is 0 Å². The first-order chi connectivity index (χ1) is 9.06. The van der Waals surface area contributed by atoms with Crippen molar-refractivity contribution in [3.63, 3.8) is 0 Å². The third-order valence-corrected chi connectivity index (χ3v) is 5.62. The molecule has 0 saturated carbocycles. The van der Waals surface area contributed by atoms with E-state index in [2.05, 4.69) is 9.62 Å². The molecular weight excluding hydrogens is 266 g/mol. The largest absolute Gasteiger partial charge is 0.374 e. The molecule has 0 bridgehead atoms. The van der Waals surface area contributed by atoms with Crippen molar-refractivity contribution in [2.24, 2.45) is 0 Å². The van der Waals surface area contributed by atoms with Gasteiger partial charge in [0.15, 0.2) is 5.25 Å². The summed E-state index contributed by atoms with van der Waals surface area (Å²) >= 11 is 0. The first-order valence-corrected chi connectivity index (χ1v) is 8.35. The molecule has 1 N–H and O–H groups in total. The second-order valence-electron chi connectivity index (χ2n) is 5.17. The third-order valence-electron chi connectivity index (χ3n) is 3.86. The van der Waals surface area contributed by atoms with Crippen LogP contribution in [-0.4, -0.2) is 57.0 Å². The highest BCUT2D eigenvalue weighted by Gasteiger charge is 2.33. The second-order valence-corrected chi connectivity index (χ2v) is 7.11. The zero-order valence-electron chi connectivity index (χ0n) is 11.2. The predicted molar refractivity (Wildman–Crippen MR) is 70.9 cm³/mol. The summed E-state index contributed by atoms with van der Waals surface area (Å²) in [5.41, 5.74) is 0. The number of hydrogen-bond acceptors (Lipinski definition) is 5. The number of fused-ring (bicyclic) bond motifs is 1. The molecule has 2 aliphatic rings. The van der Waals surface area contributed by atoms with Crippen LogP contribution in [0.15, 0.2) is 0 Å². The lowest BCUT2D eigenvalue weighted by Gasteiger charge is -2.35. The lowest BCUT2D eigenvalue weighted by molar-refractivity contribution is -0.0449. The number of rotatable bonds is 5. The van der Waals surface area contributed by atoms with Crippen LogP contribution in [0.5, 0.6) is 0 Å². The van der Waals surface area contributed by atoms with Gasteiger partial charge in [0.25, 0.3) is 0 Å². The highest BCUT2D eigenvalue weighted by atomic mass is 32.2. The molecule has 0 aromatic rings. The van der Waals surface area contributed by atoms with Crippen molar-refractivity contribution >= 4 is 10.0 Å². The van der Waals surface area contributed by atoms with Crippen LogP contribution in [0.25, 0.3) is 0 Å². The van der Waals surface area contributed by atoms with Gasteiger partial charge in [-0.1, -0.05) is 6.92 Å². The Bertz CT molecular complexity index is 446. The van der Waals surface area contributed by atoms with Crippen LogP contribution < -0.4 is 4.72 Å². The molecular formula is C12H21N3O3S. The van der Waals surface area contributed by atoms with E-state index in [0.29, 0.717) is 19.1 Å². The molecule has 2 saturated heterocycles.